The van der Waals surface area contributed by atoms with Gasteiger partial charge in [0.15, 0.2) is 0 Å². The van der Waals surface area contributed by atoms with E-state index in [4.69, 9.17) is 0 Å². The number of amides is 1. The maximum atomic E-state index is 12.4. The van der Waals surface area contributed by atoms with Crippen LogP contribution in [0.5, 0.6) is 0 Å². The van der Waals surface area contributed by atoms with Crippen LogP contribution in [0.25, 0.3) is 0 Å². The number of carbonyl (C=O) groups excluding carboxylic acids is 1. The van der Waals surface area contributed by atoms with Crippen LogP contribution < -0.4 is 10.9 Å². The Bertz CT molecular complexity index is 742. The van der Waals surface area contributed by atoms with E-state index >= 15 is 0 Å². The van der Waals surface area contributed by atoms with Crippen LogP contribution in [0.4, 0.5) is 0 Å². The molecular weight excluding hydrogens is 310 g/mol. The lowest BCUT2D eigenvalue weighted by Gasteiger charge is -2.18. The SMILES string of the molecule is Cc1nc(C(C)(C)C)[nH]c(=O)c1C(=O)NCC(C)c1ccsc1. The zero-order valence-corrected chi connectivity index (χ0v) is 15.0. The highest BCUT2D eigenvalue weighted by Gasteiger charge is 2.22. The van der Waals surface area contributed by atoms with E-state index < -0.39 is 0 Å². The Morgan fingerprint density at radius 2 is 2.13 bits per heavy atom. The summed E-state index contributed by atoms with van der Waals surface area (Å²) in [6.45, 7) is 10.1. The molecule has 1 unspecified atom stereocenters. The van der Waals surface area contributed by atoms with Crippen LogP contribution >= 0.6 is 11.3 Å². The van der Waals surface area contributed by atoms with Crippen molar-refractivity contribution in [3.63, 3.8) is 0 Å². The molecule has 0 bridgehead atoms. The van der Waals surface area contributed by atoms with Crippen molar-refractivity contribution >= 4 is 17.2 Å². The standard InChI is InChI=1S/C17H23N3O2S/c1-10(12-6-7-23-9-12)8-18-14(21)13-11(2)19-16(17(3,4)5)20-15(13)22/h6-7,9-10H,8H2,1-5H3,(H,18,21)(H,19,20,22). The summed E-state index contributed by atoms with van der Waals surface area (Å²) in [5.41, 5.74) is 1.08. The summed E-state index contributed by atoms with van der Waals surface area (Å²) in [6, 6.07) is 2.04. The monoisotopic (exact) mass is 333 g/mol. The Balaban J connectivity index is 2.15. The largest absolute Gasteiger partial charge is 0.351 e. The van der Waals surface area contributed by atoms with Crippen LogP contribution in [0.1, 0.15) is 61.1 Å². The molecule has 0 aromatic carbocycles. The minimum absolute atomic E-state index is 0.0931. The van der Waals surface area contributed by atoms with Gasteiger partial charge in [-0.2, -0.15) is 11.3 Å². The Morgan fingerprint density at radius 1 is 1.43 bits per heavy atom. The molecule has 0 saturated carbocycles. The molecule has 0 aliphatic rings. The number of carbonyl (C=O) groups is 1. The fourth-order valence-corrected chi connectivity index (χ4v) is 3.00. The molecule has 0 spiro atoms. The summed E-state index contributed by atoms with van der Waals surface area (Å²) >= 11 is 1.63. The van der Waals surface area contributed by atoms with Gasteiger partial charge in [0, 0.05) is 12.0 Å². The first-order chi connectivity index (χ1) is 10.7. The van der Waals surface area contributed by atoms with E-state index in [0.717, 1.165) is 0 Å². The fraction of sp³-hybridized carbons (Fsp3) is 0.471. The molecule has 1 atom stereocenters. The topological polar surface area (TPSA) is 74.8 Å². The third-order valence-electron chi connectivity index (χ3n) is 3.72. The number of hydrogen-bond acceptors (Lipinski definition) is 4. The van der Waals surface area contributed by atoms with Gasteiger partial charge in [0.05, 0.1) is 5.69 Å². The van der Waals surface area contributed by atoms with E-state index in [1.807, 2.05) is 39.1 Å². The summed E-state index contributed by atoms with van der Waals surface area (Å²) in [7, 11) is 0. The summed E-state index contributed by atoms with van der Waals surface area (Å²) < 4.78 is 0. The second kappa shape index (κ2) is 6.66. The van der Waals surface area contributed by atoms with Crippen LogP contribution in [-0.4, -0.2) is 22.4 Å². The van der Waals surface area contributed by atoms with Crippen molar-refractivity contribution in [2.75, 3.05) is 6.54 Å². The van der Waals surface area contributed by atoms with Gasteiger partial charge in [-0.1, -0.05) is 27.7 Å². The molecule has 0 fully saturated rings. The van der Waals surface area contributed by atoms with E-state index in [9.17, 15) is 9.59 Å². The average Bonchev–Trinajstić information content (AvgIpc) is 2.97. The average molecular weight is 333 g/mol. The molecule has 1 amide bonds. The summed E-state index contributed by atoms with van der Waals surface area (Å²) in [6.07, 6.45) is 0. The number of thiophene rings is 1. The Kier molecular flexibility index (Phi) is 5.04. The second-order valence-corrected chi connectivity index (χ2v) is 7.57. The first kappa shape index (κ1) is 17.4. The highest BCUT2D eigenvalue weighted by molar-refractivity contribution is 7.07. The molecule has 2 rings (SSSR count). The van der Waals surface area contributed by atoms with Crippen molar-refractivity contribution in [3.05, 3.63) is 49.8 Å². The van der Waals surface area contributed by atoms with Gasteiger partial charge in [-0.15, -0.1) is 0 Å². The van der Waals surface area contributed by atoms with Gasteiger partial charge < -0.3 is 10.3 Å². The predicted octanol–water partition coefficient (Wildman–Crippen LogP) is 2.97. The Morgan fingerprint density at radius 3 is 2.65 bits per heavy atom. The zero-order chi connectivity index (χ0) is 17.2. The smallest absolute Gasteiger partial charge is 0.264 e. The zero-order valence-electron chi connectivity index (χ0n) is 14.2. The van der Waals surface area contributed by atoms with Crippen molar-refractivity contribution in [1.29, 1.82) is 0 Å². The number of aryl methyl sites for hydroxylation is 1. The van der Waals surface area contributed by atoms with Crippen LogP contribution in [-0.2, 0) is 5.41 Å². The number of aromatic nitrogens is 2. The number of hydrogen-bond donors (Lipinski definition) is 2. The van der Waals surface area contributed by atoms with Crippen LogP contribution in [0, 0.1) is 6.92 Å². The molecule has 23 heavy (non-hydrogen) atoms. The van der Waals surface area contributed by atoms with E-state index in [1.165, 1.54) is 5.56 Å². The third kappa shape index (κ3) is 4.07. The van der Waals surface area contributed by atoms with Gasteiger partial charge in [-0.25, -0.2) is 4.98 Å². The molecule has 124 valence electrons. The molecule has 6 heteroatoms. The van der Waals surface area contributed by atoms with Crippen LogP contribution in [0.15, 0.2) is 21.6 Å². The summed E-state index contributed by atoms with van der Waals surface area (Å²) in [4.78, 5) is 31.7. The second-order valence-electron chi connectivity index (χ2n) is 6.79. The first-order valence-corrected chi connectivity index (χ1v) is 8.56. The third-order valence-corrected chi connectivity index (χ3v) is 4.42. The molecule has 0 saturated heterocycles. The highest BCUT2D eigenvalue weighted by Crippen LogP contribution is 2.18. The van der Waals surface area contributed by atoms with Gasteiger partial charge in [0.2, 0.25) is 0 Å². The lowest BCUT2D eigenvalue weighted by molar-refractivity contribution is 0.0949. The lowest BCUT2D eigenvalue weighted by Crippen LogP contribution is -2.35. The van der Waals surface area contributed by atoms with Crippen molar-refractivity contribution in [2.45, 2.75) is 46.0 Å². The van der Waals surface area contributed by atoms with Crippen LogP contribution in [0.2, 0.25) is 0 Å². The number of rotatable bonds is 4. The first-order valence-electron chi connectivity index (χ1n) is 7.62. The molecule has 2 N–H and O–H groups in total. The Hall–Kier alpha value is -1.95. The number of aromatic amines is 1. The van der Waals surface area contributed by atoms with E-state index in [2.05, 4.69) is 20.7 Å². The molecule has 2 aromatic heterocycles. The maximum absolute atomic E-state index is 12.4. The van der Waals surface area contributed by atoms with Gasteiger partial charge in [0.25, 0.3) is 11.5 Å². The summed E-state index contributed by atoms with van der Waals surface area (Å²) in [5.74, 6) is 0.411. The molecular formula is C17H23N3O2S. The van der Waals surface area contributed by atoms with Crippen molar-refractivity contribution in [1.82, 2.24) is 15.3 Å². The fourth-order valence-electron chi connectivity index (χ4n) is 2.22. The van der Waals surface area contributed by atoms with Gasteiger partial charge in [-0.3, -0.25) is 9.59 Å². The molecule has 0 aliphatic carbocycles. The number of H-pyrrole nitrogens is 1. The minimum atomic E-state index is -0.386. The maximum Gasteiger partial charge on any atom is 0.264 e. The van der Waals surface area contributed by atoms with Gasteiger partial charge in [-0.05, 0) is 35.2 Å². The normalized spacial score (nSPS) is 12.9. The lowest BCUT2D eigenvalue weighted by atomic mass is 9.95. The molecule has 0 radical (unpaired) electrons. The van der Waals surface area contributed by atoms with Crippen LogP contribution in [0.3, 0.4) is 0 Å². The highest BCUT2D eigenvalue weighted by atomic mass is 32.1. The molecule has 0 aliphatic heterocycles. The molecule has 2 aromatic rings. The minimum Gasteiger partial charge on any atom is -0.351 e. The van der Waals surface area contributed by atoms with Crippen molar-refractivity contribution in [2.24, 2.45) is 0 Å². The van der Waals surface area contributed by atoms with Crippen molar-refractivity contribution in [3.8, 4) is 0 Å². The Labute approximate surface area is 140 Å². The van der Waals surface area contributed by atoms with Gasteiger partial charge >= 0.3 is 0 Å². The number of nitrogens with one attached hydrogen (secondary N) is 2. The van der Waals surface area contributed by atoms with E-state index in [-0.39, 0.29) is 28.4 Å². The van der Waals surface area contributed by atoms with Crippen molar-refractivity contribution < 1.29 is 4.79 Å². The van der Waals surface area contributed by atoms with Gasteiger partial charge in [0.1, 0.15) is 11.4 Å². The predicted molar refractivity (Wildman–Crippen MR) is 93.4 cm³/mol. The molecule has 5 nitrogen and oxygen atoms in total. The summed E-state index contributed by atoms with van der Waals surface area (Å²) in [5, 5.41) is 6.91. The van der Waals surface area contributed by atoms with E-state index in [0.29, 0.717) is 18.1 Å². The quantitative estimate of drug-likeness (QED) is 0.903. The number of nitrogens with zero attached hydrogens (tertiary/aromatic N) is 1. The molecule has 2 heterocycles. The van der Waals surface area contributed by atoms with E-state index in [1.54, 1.807) is 18.3 Å².